The molecule has 0 aromatic heterocycles. The first kappa shape index (κ1) is 17.2. The van der Waals surface area contributed by atoms with E-state index in [1.807, 2.05) is 18.2 Å². The SMILES string of the molecule is COCC(O)CN1CCC(NCc2ccccc2OC)CC1. The van der Waals surface area contributed by atoms with E-state index in [-0.39, 0.29) is 6.10 Å². The van der Waals surface area contributed by atoms with Crippen molar-refractivity contribution in [3.05, 3.63) is 29.8 Å². The topological polar surface area (TPSA) is 54.0 Å². The van der Waals surface area contributed by atoms with Crippen LogP contribution >= 0.6 is 0 Å². The molecule has 22 heavy (non-hydrogen) atoms. The molecule has 1 aliphatic heterocycles. The summed E-state index contributed by atoms with van der Waals surface area (Å²) >= 11 is 0. The van der Waals surface area contributed by atoms with Gasteiger partial charge in [-0.15, -0.1) is 0 Å². The second-order valence-corrected chi connectivity index (χ2v) is 5.88. The molecule has 5 heteroatoms. The number of nitrogens with zero attached hydrogens (tertiary/aromatic N) is 1. The number of aliphatic hydroxyl groups is 1. The maximum absolute atomic E-state index is 9.78. The molecule has 0 saturated carbocycles. The van der Waals surface area contributed by atoms with Gasteiger partial charge in [0, 0.05) is 31.8 Å². The quantitative estimate of drug-likeness (QED) is 0.757. The van der Waals surface area contributed by atoms with Crippen molar-refractivity contribution in [2.75, 3.05) is 40.5 Å². The monoisotopic (exact) mass is 308 g/mol. The van der Waals surface area contributed by atoms with Crippen molar-refractivity contribution in [3.8, 4) is 5.75 Å². The van der Waals surface area contributed by atoms with Crippen LogP contribution in [0.2, 0.25) is 0 Å². The summed E-state index contributed by atoms with van der Waals surface area (Å²) < 4.78 is 10.4. The fourth-order valence-corrected chi connectivity index (χ4v) is 2.97. The molecule has 1 saturated heterocycles. The number of piperidine rings is 1. The number of hydrogen-bond donors (Lipinski definition) is 2. The van der Waals surface area contributed by atoms with E-state index in [1.54, 1.807) is 14.2 Å². The summed E-state index contributed by atoms with van der Waals surface area (Å²) in [5.41, 5.74) is 1.20. The highest BCUT2D eigenvalue weighted by molar-refractivity contribution is 5.33. The fourth-order valence-electron chi connectivity index (χ4n) is 2.97. The third kappa shape index (κ3) is 5.25. The number of methoxy groups -OCH3 is 2. The van der Waals surface area contributed by atoms with Crippen molar-refractivity contribution in [1.82, 2.24) is 10.2 Å². The summed E-state index contributed by atoms with van der Waals surface area (Å²) in [5.74, 6) is 0.940. The van der Waals surface area contributed by atoms with Gasteiger partial charge in [0.05, 0.1) is 19.8 Å². The van der Waals surface area contributed by atoms with Crippen LogP contribution in [0, 0.1) is 0 Å². The molecule has 2 rings (SSSR count). The first-order valence-electron chi connectivity index (χ1n) is 7.97. The third-order valence-corrected chi connectivity index (χ3v) is 4.19. The summed E-state index contributed by atoms with van der Waals surface area (Å²) in [4.78, 5) is 2.31. The van der Waals surface area contributed by atoms with Crippen molar-refractivity contribution < 1.29 is 14.6 Å². The molecule has 124 valence electrons. The number of hydrogen-bond acceptors (Lipinski definition) is 5. The second-order valence-electron chi connectivity index (χ2n) is 5.88. The molecular weight excluding hydrogens is 280 g/mol. The van der Waals surface area contributed by atoms with E-state index in [2.05, 4.69) is 16.3 Å². The molecule has 0 bridgehead atoms. The van der Waals surface area contributed by atoms with E-state index in [0.29, 0.717) is 19.2 Å². The van der Waals surface area contributed by atoms with Crippen LogP contribution < -0.4 is 10.1 Å². The Morgan fingerprint density at radius 2 is 2.00 bits per heavy atom. The van der Waals surface area contributed by atoms with Gasteiger partial charge >= 0.3 is 0 Å². The summed E-state index contributed by atoms with van der Waals surface area (Å²) in [5, 5.41) is 13.4. The predicted octanol–water partition coefficient (Wildman–Crippen LogP) is 1.26. The number of benzene rings is 1. The van der Waals surface area contributed by atoms with Crippen molar-refractivity contribution in [2.24, 2.45) is 0 Å². The lowest BCUT2D eigenvalue weighted by Gasteiger charge is -2.33. The van der Waals surface area contributed by atoms with Crippen LogP contribution in [0.25, 0.3) is 0 Å². The molecule has 1 aliphatic rings. The summed E-state index contributed by atoms with van der Waals surface area (Å²) in [6, 6.07) is 8.66. The highest BCUT2D eigenvalue weighted by Gasteiger charge is 2.20. The molecule has 1 heterocycles. The van der Waals surface area contributed by atoms with Gasteiger partial charge in [-0.3, -0.25) is 0 Å². The molecule has 0 amide bonds. The Kier molecular flexibility index (Phi) is 7.12. The van der Waals surface area contributed by atoms with Crippen LogP contribution in [0.15, 0.2) is 24.3 Å². The summed E-state index contributed by atoms with van der Waals surface area (Å²) in [7, 11) is 3.33. The molecule has 0 aliphatic carbocycles. The molecule has 1 fully saturated rings. The lowest BCUT2D eigenvalue weighted by atomic mass is 10.0. The Hall–Kier alpha value is -1.14. The molecule has 1 atom stereocenters. The highest BCUT2D eigenvalue weighted by Crippen LogP contribution is 2.18. The van der Waals surface area contributed by atoms with Crippen molar-refractivity contribution in [2.45, 2.75) is 31.5 Å². The average molecular weight is 308 g/mol. The van der Waals surface area contributed by atoms with E-state index >= 15 is 0 Å². The molecule has 1 unspecified atom stereocenters. The summed E-state index contributed by atoms with van der Waals surface area (Å²) in [6.45, 7) is 3.98. The van der Waals surface area contributed by atoms with Gasteiger partial charge in [-0.05, 0) is 32.0 Å². The van der Waals surface area contributed by atoms with E-state index in [4.69, 9.17) is 9.47 Å². The molecule has 1 aromatic carbocycles. The minimum absolute atomic E-state index is 0.386. The van der Waals surface area contributed by atoms with Gasteiger partial charge in [-0.25, -0.2) is 0 Å². The zero-order chi connectivity index (χ0) is 15.8. The molecule has 1 aromatic rings. The number of likely N-dealkylation sites (tertiary alicyclic amines) is 1. The first-order valence-corrected chi connectivity index (χ1v) is 7.97. The Morgan fingerprint density at radius 1 is 1.27 bits per heavy atom. The van der Waals surface area contributed by atoms with Crippen LogP contribution in [0.5, 0.6) is 5.75 Å². The van der Waals surface area contributed by atoms with Crippen molar-refractivity contribution >= 4 is 0 Å². The summed E-state index contributed by atoms with van der Waals surface area (Å²) in [6.07, 6.45) is 1.83. The van der Waals surface area contributed by atoms with E-state index in [1.165, 1.54) is 5.56 Å². The zero-order valence-corrected chi connectivity index (χ0v) is 13.6. The Labute approximate surface area is 133 Å². The number of rotatable bonds is 8. The maximum atomic E-state index is 9.78. The Bertz CT molecular complexity index is 434. The fraction of sp³-hybridized carbons (Fsp3) is 0.647. The van der Waals surface area contributed by atoms with Gasteiger partial charge in [-0.2, -0.15) is 0 Å². The number of para-hydroxylation sites is 1. The average Bonchev–Trinajstić information content (AvgIpc) is 2.54. The van der Waals surface area contributed by atoms with Crippen LogP contribution in [0.4, 0.5) is 0 Å². The van der Waals surface area contributed by atoms with Crippen LogP contribution in [-0.2, 0) is 11.3 Å². The molecule has 0 spiro atoms. The first-order chi connectivity index (χ1) is 10.7. The van der Waals surface area contributed by atoms with Crippen molar-refractivity contribution in [3.63, 3.8) is 0 Å². The second kappa shape index (κ2) is 9.10. The minimum atomic E-state index is -0.386. The Morgan fingerprint density at radius 3 is 2.68 bits per heavy atom. The van der Waals surface area contributed by atoms with Crippen LogP contribution in [0.1, 0.15) is 18.4 Å². The van der Waals surface area contributed by atoms with Gasteiger partial charge in [0.25, 0.3) is 0 Å². The normalized spacial score (nSPS) is 18.3. The van der Waals surface area contributed by atoms with Gasteiger partial charge in [-0.1, -0.05) is 18.2 Å². The Balaban J connectivity index is 1.71. The van der Waals surface area contributed by atoms with Gasteiger partial charge in [0.15, 0.2) is 0 Å². The number of nitrogens with one attached hydrogen (secondary N) is 1. The number of ether oxygens (including phenoxy) is 2. The molecule has 5 nitrogen and oxygen atoms in total. The number of aliphatic hydroxyl groups excluding tert-OH is 1. The number of β-amino-alcohol motifs (C(OH)–C–C–N with tert-alkyl or cyclic N) is 1. The third-order valence-electron chi connectivity index (χ3n) is 4.19. The van der Waals surface area contributed by atoms with Gasteiger partial charge in [0.1, 0.15) is 5.75 Å². The molecule has 0 radical (unpaired) electrons. The lowest BCUT2D eigenvalue weighted by molar-refractivity contribution is 0.0310. The largest absolute Gasteiger partial charge is 0.496 e. The van der Waals surface area contributed by atoms with E-state index in [0.717, 1.165) is 38.2 Å². The highest BCUT2D eigenvalue weighted by atomic mass is 16.5. The minimum Gasteiger partial charge on any atom is -0.496 e. The predicted molar refractivity (Wildman–Crippen MR) is 87.2 cm³/mol. The van der Waals surface area contributed by atoms with E-state index in [9.17, 15) is 5.11 Å². The van der Waals surface area contributed by atoms with Crippen LogP contribution in [-0.4, -0.2) is 62.6 Å². The smallest absolute Gasteiger partial charge is 0.123 e. The standard InChI is InChI=1S/C17H28N2O3/c1-21-13-16(20)12-19-9-7-15(8-10-19)18-11-14-5-3-4-6-17(14)22-2/h3-6,15-16,18,20H,7-13H2,1-2H3. The van der Waals surface area contributed by atoms with Crippen molar-refractivity contribution in [1.29, 1.82) is 0 Å². The van der Waals surface area contributed by atoms with Crippen LogP contribution in [0.3, 0.4) is 0 Å². The van der Waals surface area contributed by atoms with Gasteiger partial charge in [0.2, 0.25) is 0 Å². The molecular formula is C17H28N2O3. The zero-order valence-electron chi connectivity index (χ0n) is 13.6. The van der Waals surface area contributed by atoms with E-state index < -0.39 is 0 Å². The lowest BCUT2D eigenvalue weighted by Crippen LogP contribution is -2.45. The maximum Gasteiger partial charge on any atom is 0.123 e. The van der Waals surface area contributed by atoms with Gasteiger partial charge < -0.3 is 24.8 Å². The molecule has 2 N–H and O–H groups in total.